The summed E-state index contributed by atoms with van der Waals surface area (Å²) in [6.45, 7) is 8.22. The third-order valence-corrected chi connectivity index (χ3v) is 8.18. The van der Waals surface area contributed by atoms with Gasteiger partial charge in [0.15, 0.2) is 0 Å². The number of ketones is 1. The van der Waals surface area contributed by atoms with Gasteiger partial charge in [-0.3, -0.25) is 9.59 Å². The molecule has 3 heterocycles. The summed E-state index contributed by atoms with van der Waals surface area (Å²) in [5, 5.41) is 12.9. The molecule has 0 aliphatic carbocycles. The fourth-order valence-electron chi connectivity index (χ4n) is 3.54. The average molecular weight is 559 g/mol. The van der Waals surface area contributed by atoms with E-state index in [2.05, 4.69) is 25.6 Å². The average Bonchev–Trinajstić information content (AvgIpc) is 3.28. The van der Waals surface area contributed by atoms with Gasteiger partial charge >= 0.3 is 5.97 Å². The van der Waals surface area contributed by atoms with Gasteiger partial charge in [-0.05, 0) is 71.2 Å². The van der Waals surface area contributed by atoms with Crippen molar-refractivity contribution < 1.29 is 24.0 Å². The van der Waals surface area contributed by atoms with Crippen molar-refractivity contribution in [2.45, 2.75) is 43.9 Å². The lowest BCUT2D eigenvalue weighted by Gasteiger charge is -2.37. The summed E-state index contributed by atoms with van der Waals surface area (Å²) >= 11 is 3.45. The van der Waals surface area contributed by atoms with Crippen LogP contribution in [0.15, 0.2) is 33.6 Å². The number of Topliss-reactive ketones (excluding diaryl/α,β-unsaturated/α-hetero) is 1. The highest BCUT2D eigenvalue weighted by Gasteiger charge is 2.45. The Bertz CT molecular complexity index is 977. The first-order valence-electron chi connectivity index (χ1n) is 10.5. The van der Waals surface area contributed by atoms with E-state index in [9.17, 15) is 19.2 Å². The molecule has 0 saturated carbocycles. The smallest absolute Gasteiger partial charge is 0.310 e. The number of pyridine rings is 1. The van der Waals surface area contributed by atoms with Crippen LogP contribution in [0, 0.1) is 0 Å². The fourth-order valence-corrected chi connectivity index (χ4v) is 5.76. The van der Waals surface area contributed by atoms with Crippen molar-refractivity contribution in [1.82, 2.24) is 9.71 Å². The van der Waals surface area contributed by atoms with Gasteiger partial charge in [-0.25, -0.2) is 4.98 Å². The molecule has 3 rings (SSSR count). The van der Waals surface area contributed by atoms with Crippen LogP contribution in [0.4, 0.5) is 5.69 Å². The van der Waals surface area contributed by atoms with E-state index in [1.54, 1.807) is 0 Å². The molecule has 0 spiro atoms. The second-order valence-electron chi connectivity index (χ2n) is 8.79. The number of hydrogen-bond acceptors (Lipinski definition) is 8. The highest BCUT2D eigenvalue weighted by molar-refractivity contribution is 9.10. The van der Waals surface area contributed by atoms with Crippen molar-refractivity contribution in [2.24, 2.45) is 0 Å². The zero-order chi connectivity index (χ0) is 24.2. The number of aliphatic carboxylic acids is 1. The van der Waals surface area contributed by atoms with E-state index < -0.39 is 39.8 Å². The minimum absolute atomic E-state index is 0.200. The maximum atomic E-state index is 13.3. The Morgan fingerprint density at radius 1 is 1.30 bits per heavy atom. The summed E-state index contributed by atoms with van der Waals surface area (Å²) in [4.78, 5) is 31.0. The molecule has 0 bridgehead atoms. The Labute approximate surface area is 209 Å². The van der Waals surface area contributed by atoms with Crippen LogP contribution in [0.25, 0.3) is 0 Å². The Balaban J connectivity index is 2.10. The Hall–Kier alpha value is -1.50. The molecule has 0 radical (unpaired) electrons. The molecule has 8 nitrogen and oxygen atoms in total. The van der Waals surface area contributed by atoms with Crippen molar-refractivity contribution in [3.63, 3.8) is 0 Å². The molecule has 1 fully saturated rings. The molecular weight excluding hydrogens is 530 g/mol. The quantitative estimate of drug-likeness (QED) is 0.273. The number of ether oxygens (including phenoxy) is 1. The van der Waals surface area contributed by atoms with Gasteiger partial charge in [-0.2, -0.15) is 11.3 Å². The Morgan fingerprint density at radius 2 is 2.00 bits per heavy atom. The molecule has 180 valence electrons. The topological polar surface area (TPSA) is 115 Å². The second-order valence-corrected chi connectivity index (χ2v) is 12.3. The number of anilines is 1. The minimum atomic E-state index is -1.56. The number of morpholine rings is 1. The SMILES string of the molecule is CC(C)(C)[S+]([O-])NC(CC(=O)CC(=O)O)(c1ccsc1)c1ccc(N2CCOCC2)c(Br)n1. The van der Waals surface area contributed by atoms with Crippen LogP contribution < -0.4 is 9.62 Å². The number of carboxylic acid groups (broad SMARTS) is 1. The number of nitrogens with one attached hydrogen (secondary N) is 1. The first-order chi connectivity index (χ1) is 15.5. The number of halogens is 1. The molecule has 2 aromatic rings. The summed E-state index contributed by atoms with van der Waals surface area (Å²) in [6, 6.07) is 5.58. The number of hydrogen-bond donors (Lipinski definition) is 2. The molecule has 1 aliphatic heterocycles. The van der Waals surface area contributed by atoms with Gasteiger partial charge in [0, 0.05) is 30.9 Å². The van der Waals surface area contributed by atoms with E-state index in [1.807, 2.05) is 49.7 Å². The molecule has 1 saturated heterocycles. The highest BCUT2D eigenvalue weighted by atomic mass is 79.9. The molecule has 2 unspecified atom stereocenters. The van der Waals surface area contributed by atoms with Gasteiger partial charge in [-0.1, -0.05) is 0 Å². The normalized spacial score (nSPS) is 17.4. The number of aromatic nitrogens is 1. The number of nitrogens with zero attached hydrogens (tertiary/aromatic N) is 2. The summed E-state index contributed by atoms with van der Waals surface area (Å²) in [5.41, 5.74) is 0.843. The van der Waals surface area contributed by atoms with Crippen LogP contribution in [0.2, 0.25) is 0 Å². The first kappa shape index (κ1) is 26.1. The van der Waals surface area contributed by atoms with Crippen molar-refractivity contribution >= 4 is 56.1 Å². The highest BCUT2D eigenvalue weighted by Crippen LogP contribution is 2.38. The maximum Gasteiger partial charge on any atom is 0.310 e. The Morgan fingerprint density at radius 3 is 2.55 bits per heavy atom. The third-order valence-electron chi connectivity index (χ3n) is 5.27. The lowest BCUT2D eigenvalue weighted by molar-refractivity contribution is -0.140. The van der Waals surface area contributed by atoms with Crippen LogP contribution in [0.3, 0.4) is 0 Å². The van der Waals surface area contributed by atoms with Gasteiger partial charge in [0.05, 0.1) is 24.6 Å². The number of rotatable bonds is 9. The van der Waals surface area contributed by atoms with E-state index in [1.165, 1.54) is 11.3 Å². The van der Waals surface area contributed by atoms with Crippen molar-refractivity contribution in [2.75, 3.05) is 31.2 Å². The number of carbonyl (C=O) groups is 2. The van der Waals surface area contributed by atoms with Gasteiger partial charge in [-0.15, -0.1) is 4.72 Å². The second kappa shape index (κ2) is 10.8. The number of thiophene rings is 1. The molecule has 2 atom stereocenters. The third kappa shape index (κ3) is 6.34. The predicted octanol–water partition coefficient (Wildman–Crippen LogP) is 3.47. The number of carbonyl (C=O) groups excluding carboxylic acids is 1. The maximum absolute atomic E-state index is 13.3. The molecular formula is C22H28BrN3O5S2. The van der Waals surface area contributed by atoms with E-state index in [0.29, 0.717) is 29.1 Å². The molecule has 2 aromatic heterocycles. The predicted molar refractivity (Wildman–Crippen MR) is 133 cm³/mol. The largest absolute Gasteiger partial charge is 0.598 e. The number of carboxylic acids is 1. The first-order valence-corrected chi connectivity index (χ1v) is 13.4. The van der Waals surface area contributed by atoms with Crippen molar-refractivity contribution in [1.29, 1.82) is 0 Å². The zero-order valence-electron chi connectivity index (χ0n) is 18.8. The molecule has 11 heteroatoms. The van der Waals surface area contributed by atoms with Gasteiger partial charge in [0.1, 0.15) is 27.1 Å². The van der Waals surface area contributed by atoms with Crippen LogP contribution in [0.1, 0.15) is 44.9 Å². The van der Waals surface area contributed by atoms with Crippen molar-refractivity contribution in [3.05, 3.63) is 44.8 Å². The van der Waals surface area contributed by atoms with E-state index in [0.717, 1.165) is 18.8 Å². The summed E-state index contributed by atoms with van der Waals surface area (Å²) in [6.07, 6.45) is -0.822. The van der Waals surface area contributed by atoms with Gasteiger partial charge < -0.3 is 19.3 Å². The standard InChI is InChI=1S/C22H28BrN3O5S2/c1-21(2,3)33(30)25-22(15-6-11-32-14-15,13-16(27)12-19(28)29)18-5-4-17(20(23)24-18)26-7-9-31-10-8-26/h4-6,11,14,25H,7-10,12-13H2,1-3H3,(H,28,29). The van der Waals surface area contributed by atoms with E-state index in [-0.39, 0.29) is 6.42 Å². The molecule has 1 aliphatic rings. The fraction of sp³-hybridized carbons (Fsp3) is 0.500. The summed E-state index contributed by atoms with van der Waals surface area (Å²) in [7, 11) is 0. The lowest BCUT2D eigenvalue weighted by Crippen LogP contribution is -2.53. The molecule has 2 N–H and O–H groups in total. The monoisotopic (exact) mass is 557 g/mol. The van der Waals surface area contributed by atoms with E-state index in [4.69, 9.17) is 9.72 Å². The molecule has 33 heavy (non-hydrogen) atoms. The molecule has 0 aromatic carbocycles. The van der Waals surface area contributed by atoms with Crippen LogP contribution in [0.5, 0.6) is 0 Å². The lowest BCUT2D eigenvalue weighted by atomic mass is 9.83. The van der Waals surface area contributed by atoms with Crippen LogP contribution >= 0.6 is 27.3 Å². The van der Waals surface area contributed by atoms with Crippen LogP contribution in [-0.4, -0.2) is 57.4 Å². The Kier molecular flexibility index (Phi) is 8.57. The minimum Gasteiger partial charge on any atom is -0.598 e. The summed E-state index contributed by atoms with van der Waals surface area (Å²) in [5.74, 6) is -1.68. The van der Waals surface area contributed by atoms with Gasteiger partial charge in [0.25, 0.3) is 0 Å². The molecule has 0 amide bonds. The zero-order valence-corrected chi connectivity index (χ0v) is 22.0. The van der Waals surface area contributed by atoms with Crippen LogP contribution in [-0.2, 0) is 31.2 Å². The van der Waals surface area contributed by atoms with E-state index >= 15 is 0 Å². The van der Waals surface area contributed by atoms with Crippen molar-refractivity contribution in [3.8, 4) is 0 Å². The van der Waals surface area contributed by atoms with Gasteiger partial charge in [0.2, 0.25) is 0 Å². The summed E-state index contributed by atoms with van der Waals surface area (Å²) < 4.78 is 21.8.